The van der Waals surface area contributed by atoms with Gasteiger partial charge in [0.15, 0.2) is 0 Å². The molecule has 2 aliphatic heterocycles. The van der Waals surface area contributed by atoms with Gasteiger partial charge in [0.1, 0.15) is 12.6 Å². The molecule has 0 aliphatic carbocycles. The van der Waals surface area contributed by atoms with Gasteiger partial charge < -0.3 is 14.6 Å². The first-order valence-corrected chi connectivity index (χ1v) is 8.45. The Morgan fingerprint density at radius 3 is 2.75 bits per heavy atom. The highest BCUT2D eigenvalue weighted by molar-refractivity contribution is 5.80. The van der Waals surface area contributed by atoms with Crippen LogP contribution in [0.1, 0.15) is 31.2 Å². The van der Waals surface area contributed by atoms with Crippen molar-refractivity contribution in [3.8, 4) is 0 Å². The Morgan fingerprint density at radius 2 is 2.08 bits per heavy atom. The molecule has 0 saturated carbocycles. The van der Waals surface area contributed by atoms with E-state index in [2.05, 4.69) is 0 Å². The van der Waals surface area contributed by atoms with E-state index in [1.807, 2.05) is 30.3 Å². The van der Waals surface area contributed by atoms with E-state index in [0.29, 0.717) is 13.0 Å². The summed E-state index contributed by atoms with van der Waals surface area (Å²) in [5.74, 6) is -0.819. The number of ether oxygens (including phenoxy) is 2. The Balaban J connectivity index is 1.57. The fourth-order valence-electron chi connectivity index (χ4n) is 3.53. The van der Waals surface area contributed by atoms with Gasteiger partial charge in [-0.2, -0.15) is 0 Å². The van der Waals surface area contributed by atoms with Crippen LogP contribution >= 0.6 is 0 Å². The average molecular weight is 333 g/mol. The molecule has 3 rings (SSSR count). The van der Waals surface area contributed by atoms with E-state index < -0.39 is 18.1 Å². The number of benzene rings is 1. The summed E-state index contributed by atoms with van der Waals surface area (Å²) < 4.78 is 10.9. The number of carbonyl (C=O) groups is 2. The third kappa shape index (κ3) is 4.06. The van der Waals surface area contributed by atoms with Gasteiger partial charge in [0.25, 0.3) is 0 Å². The molecule has 0 radical (unpaired) electrons. The van der Waals surface area contributed by atoms with Crippen molar-refractivity contribution in [1.82, 2.24) is 4.90 Å². The van der Waals surface area contributed by atoms with Crippen molar-refractivity contribution in [3.05, 3.63) is 35.9 Å². The van der Waals surface area contributed by atoms with Gasteiger partial charge in [0, 0.05) is 13.2 Å². The molecule has 3 unspecified atom stereocenters. The van der Waals surface area contributed by atoms with Crippen LogP contribution in [-0.4, -0.2) is 47.4 Å². The molecule has 2 aliphatic rings. The first-order chi connectivity index (χ1) is 11.6. The summed E-state index contributed by atoms with van der Waals surface area (Å²) in [7, 11) is 0. The summed E-state index contributed by atoms with van der Waals surface area (Å²) in [6.07, 6.45) is 3.00. The predicted octanol–water partition coefficient (Wildman–Crippen LogP) is 2.67. The summed E-state index contributed by atoms with van der Waals surface area (Å²) in [5, 5.41) is 9.42. The van der Waals surface area contributed by atoms with Gasteiger partial charge in [-0.25, -0.2) is 9.59 Å². The minimum Gasteiger partial charge on any atom is -0.480 e. The molecule has 2 heterocycles. The maximum atomic E-state index is 12.3. The molecule has 2 fully saturated rings. The van der Waals surface area contributed by atoms with Crippen LogP contribution in [-0.2, 0) is 20.9 Å². The molecule has 6 heteroatoms. The normalized spacial score (nSPS) is 26.5. The van der Waals surface area contributed by atoms with Crippen molar-refractivity contribution in [3.63, 3.8) is 0 Å². The number of carboxylic acid groups (broad SMARTS) is 1. The Hall–Kier alpha value is -2.08. The lowest BCUT2D eigenvalue weighted by molar-refractivity contribution is -0.141. The molecule has 0 bridgehead atoms. The summed E-state index contributed by atoms with van der Waals surface area (Å²) in [6, 6.07) is 8.56. The summed E-state index contributed by atoms with van der Waals surface area (Å²) in [6.45, 7) is 1.35. The molecule has 2 saturated heterocycles. The maximum Gasteiger partial charge on any atom is 0.410 e. The van der Waals surface area contributed by atoms with Gasteiger partial charge in [-0.1, -0.05) is 30.3 Å². The first kappa shape index (κ1) is 16.8. The lowest BCUT2D eigenvalue weighted by Gasteiger charge is -2.21. The predicted molar refractivity (Wildman–Crippen MR) is 86.5 cm³/mol. The van der Waals surface area contributed by atoms with Crippen LogP contribution in [0.5, 0.6) is 0 Å². The maximum absolute atomic E-state index is 12.3. The van der Waals surface area contributed by atoms with Crippen LogP contribution in [0.25, 0.3) is 0 Å². The largest absolute Gasteiger partial charge is 0.480 e. The number of carbonyl (C=O) groups excluding carboxylic acids is 1. The molecule has 1 amide bonds. The Bertz CT molecular complexity index is 570. The Kier molecular flexibility index (Phi) is 5.35. The Morgan fingerprint density at radius 1 is 1.29 bits per heavy atom. The zero-order valence-corrected chi connectivity index (χ0v) is 13.6. The number of carboxylic acids is 1. The number of hydrogen-bond acceptors (Lipinski definition) is 4. The van der Waals surface area contributed by atoms with E-state index in [-0.39, 0.29) is 18.6 Å². The number of aliphatic carboxylic acids is 1. The van der Waals surface area contributed by atoms with Gasteiger partial charge in [-0.05, 0) is 37.2 Å². The van der Waals surface area contributed by atoms with E-state index in [1.54, 1.807) is 0 Å². The quantitative estimate of drug-likeness (QED) is 0.896. The van der Waals surface area contributed by atoms with Crippen molar-refractivity contribution in [2.24, 2.45) is 5.92 Å². The molecule has 1 aromatic carbocycles. The summed E-state index contributed by atoms with van der Waals surface area (Å²) in [4.78, 5) is 25.2. The molecule has 6 nitrogen and oxygen atoms in total. The monoisotopic (exact) mass is 333 g/mol. The first-order valence-electron chi connectivity index (χ1n) is 8.45. The third-order valence-electron chi connectivity index (χ3n) is 4.73. The molecular weight excluding hydrogens is 310 g/mol. The number of nitrogens with zero attached hydrogens (tertiary/aromatic N) is 1. The molecule has 1 aromatic rings. The zero-order chi connectivity index (χ0) is 16.9. The molecule has 3 atom stereocenters. The van der Waals surface area contributed by atoms with Crippen LogP contribution in [0.3, 0.4) is 0 Å². The molecule has 0 aromatic heterocycles. The van der Waals surface area contributed by atoms with E-state index in [4.69, 9.17) is 9.47 Å². The standard InChI is InChI=1S/C18H23NO5/c20-17(21)16-10-14(9-15-7-4-8-23-15)11-19(16)18(22)24-12-13-5-2-1-3-6-13/h1-3,5-6,14-16H,4,7-12H2,(H,20,21). The number of likely N-dealkylation sites (tertiary alicyclic amines) is 1. The molecule has 130 valence electrons. The lowest BCUT2D eigenvalue weighted by Crippen LogP contribution is -2.40. The Labute approximate surface area is 141 Å². The summed E-state index contributed by atoms with van der Waals surface area (Å²) >= 11 is 0. The fourth-order valence-corrected chi connectivity index (χ4v) is 3.53. The van der Waals surface area contributed by atoms with Crippen LogP contribution < -0.4 is 0 Å². The van der Waals surface area contributed by atoms with Gasteiger partial charge in [-0.3, -0.25) is 4.90 Å². The van der Waals surface area contributed by atoms with Crippen molar-refractivity contribution in [1.29, 1.82) is 0 Å². The van der Waals surface area contributed by atoms with Gasteiger partial charge in [-0.15, -0.1) is 0 Å². The zero-order valence-electron chi connectivity index (χ0n) is 13.6. The highest BCUT2D eigenvalue weighted by Gasteiger charge is 2.41. The molecule has 0 spiro atoms. The highest BCUT2D eigenvalue weighted by Crippen LogP contribution is 2.31. The van der Waals surface area contributed by atoms with E-state index in [1.165, 1.54) is 4.90 Å². The van der Waals surface area contributed by atoms with Crippen LogP contribution in [0.2, 0.25) is 0 Å². The van der Waals surface area contributed by atoms with Crippen molar-refractivity contribution in [2.75, 3.05) is 13.2 Å². The molecule has 24 heavy (non-hydrogen) atoms. The van der Waals surface area contributed by atoms with Gasteiger partial charge in [0.2, 0.25) is 0 Å². The third-order valence-corrected chi connectivity index (χ3v) is 4.73. The topological polar surface area (TPSA) is 76.1 Å². The van der Waals surface area contributed by atoms with Crippen molar-refractivity contribution in [2.45, 2.75) is 44.4 Å². The minimum atomic E-state index is -0.971. The number of amides is 1. The second kappa shape index (κ2) is 7.66. The lowest BCUT2D eigenvalue weighted by atomic mass is 9.97. The van der Waals surface area contributed by atoms with Crippen molar-refractivity contribution < 1.29 is 24.2 Å². The number of rotatable bonds is 5. The minimum absolute atomic E-state index is 0.151. The van der Waals surface area contributed by atoms with Crippen LogP contribution in [0, 0.1) is 5.92 Å². The summed E-state index contributed by atoms with van der Waals surface area (Å²) in [5.41, 5.74) is 0.882. The fraction of sp³-hybridized carbons (Fsp3) is 0.556. The van der Waals surface area contributed by atoms with Crippen LogP contribution in [0.4, 0.5) is 4.79 Å². The number of hydrogen-bond donors (Lipinski definition) is 1. The van der Waals surface area contributed by atoms with E-state index in [9.17, 15) is 14.7 Å². The van der Waals surface area contributed by atoms with Gasteiger partial charge >= 0.3 is 12.1 Å². The second-order valence-electron chi connectivity index (χ2n) is 6.52. The van der Waals surface area contributed by atoms with Crippen molar-refractivity contribution >= 4 is 12.1 Å². The van der Waals surface area contributed by atoms with E-state index >= 15 is 0 Å². The molecule has 1 N–H and O–H groups in total. The van der Waals surface area contributed by atoms with Gasteiger partial charge in [0.05, 0.1) is 6.10 Å². The molecular formula is C18H23NO5. The van der Waals surface area contributed by atoms with E-state index in [0.717, 1.165) is 31.4 Å². The SMILES string of the molecule is O=C(O)C1CC(CC2CCCO2)CN1C(=O)OCc1ccccc1. The second-order valence-corrected chi connectivity index (χ2v) is 6.52. The average Bonchev–Trinajstić information content (AvgIpc) is 3.24. The van der Waals surface area contributed by atoms with Crippen LogP contribution in [0.15, 0.2) is 30.3 Å². The smallest absolute Gasteiger partial charge is 0.410 e. The highest BCUT2D eigenvalue weighted by atomic mass is 16.6.